The van der Waals surface area contributed by atoms with Crippen molar-refractivity contribution in [2.75, 3.05) is 0 Å². The first-order valence-corrected chi connectivity index (χ1v) is 7.22. The van der Waals surface area contributed by atoms with Crippen LogP contribution in [0, 0.1) is 13.8 Å². The van der Waals surface area contributed by atoms with Crippen LogP contribution < -0.4 is 10.1 Å². The van der Waals surface area contributed by atoms with Crippen molar-refractivity contribution < 1.29 is 9.15 Å². The van der Waals surface area contributed by atoms with Crippen molar-refractivity contribution in [1.82, 2.24) is 15.1 Å². The zero-order valence-corrected chi connectivity index (χ0v) is 13.8. The summed E-state index contributed by atoms with van der Waals surface area (Å²) in [5.41, 5.74) is 2.00. The number of aryl methyl sites for hydroxylation is 2. The lowest BCUT2D eigenvalue weighted by molar-refractivity contribution is 0.260. The van der Waals surface area contributed by atoms with Crippen LogP contribution in [0.1, 0.15) is 43.7 Å². The first kappa shape index (κ1) is 15.6. The van der Waals surface area contributed by atoms with Gasteiger partial charge in [0.1, 0.15) is 23.8 Å². The van der Waals surface area contributed by atoms with Crippen LogP contribution in [0.4, 0.5) is 0 Å². The van der Waals surface area contributed by atoms with E-state index in [-0.39, 0.29) is 5.54 Å². The number of hydrogen-bond acceptors (Lipinski definition) is 4. The van der Waals surface area contributed by atoms with Gasteiger partial charge in [-0.3, -0.25) is 4.68 Å². The van der Waals surface area contributed by atoms with Gasteiger partial charge in [0.2, 0.25) is 0 Å². The van der Waals surface area contributed by atoms with Gasteiger partial charge < -0.3 is 14.5 Å². The lowest BCUT2D eigenvalue weighted by Gasteiger charge is -2.19. The Kier molecular flexibility index (Phi) is 4.42. The molecule has 1 N–H and O–H groups in total. The first-order chi connectivity index (χ1) is 9.76. The van der Waals surface area contributed by atoms with Crippen LogP contribution in [0.15, 0.2) is 16.5 Å². The topological polar surface area (TPSA) is 52.2 Å². The second kappa shape index (κ2) is 5.93. The lowest BCUT2D eigenvalue weighted by atomic mass is 10.1. The van der Waals surface area contributed by atoms with E-state index in [0.717, 1.165) is 28.7 Å². The van der Waals surface area contributed by atoms with Gasteiger partial charge in [-0.15, -0.1) is 0 Å². The summed E-state index contributed by atoms with van der Waals surface area (Å²) in [7, 11) is 1.92. The highest BCUT2D eigenvalue weighted by molar-refractivity contribution is 5.31. The number of ether oxygens (including phenoxy) is 1. The average Bonchev–Trinajstić information content (AvgIpc) is 2.91. The fourth-order valence-corrected chi connectivity index (χ4v) is 2.05. The van der Waals surface area contributed by atoms with Crippen molar-refractivity contribution >= 4 is 0 Å². The van der Waals surface area contributed by atoms with E-state index in [0.29, 0.717) is 13.2 Å². The number of furan rings is 1. The molecule has 0 amide bonds. The van der Waals surface area contributed by atoms with Crippen LogP contribution in [0.25, 0.3) is 0 Å². The summed E-state index contributed by atoms with van der Waals surface area (Å²) in [4.78, 5) is 0. The normalized spacial score (nSPS) is 11.9. The Morgan fingerprint density at radius 1 is 1.24 bits per heavy atom. The fraction of sp³-hybridized carbons (Fsp3) is 0.562. The smallest absolute Gasteiger partial charge is 0.163 e. The summed E-state index contributed by atoms with van der Waals surface area (Å²) in [6.45, 7) is 11.5. The maximum Gasteiger partial charge on any atom is 0.163 e. The molecule has 2 aromatic heterocycles. The molecule has 0 aliphatic rings. The van der Waals surface area contributed by atoms with Crippen LogP contribution in [0.3, 0.4) is 0 Å². The predicted octanol–water partition coefficient (Wildman–Crippen LogP) is 3.10. The molecule has 0 aliphatic carbocycles. The van der Waals surface area contributed by atoms with Gasteiger partial charge in [0.15, 0.2) is 5.75 Å². The molecule has 0 aliphatic heterocycles. The van der Waals surface area contributed by atoms with Gasteiger partial charge >= 0.3 is 0 Å². The number of nitrogens with one attached hydrogen (secondary N) is 1. The Labute approximate surface area is 126 Å². The van der Waals surface area contributed by atoms with Gasteiger partial charge in [-0.25, -0.2) is 0 Å². The van der Waals surface area contributed by atoms with Gasteiger partial charge in [0.05, 0.1) is 12.2 Å². The van der Waals surface area contributed by atoms with E-state index >= 15 is 0 Å². The molecule has 5 heteroatoms. The van der Waals surface area contributed by atoms with Crippen molar-refractivity contribution in [2.45, 2.75) is 53.3 Å². The Morgan fingerprint density at radius 2 is 1.90 bits per heavy atom. The molecule has 0 radical (unpaired) electrons. The molecule has 0 saturated carbocycles. The monoisotopic (exact) mass is 291 g/mol. The molecule has 5 nitrogen and oxygen atoms in total. The lowest BCUT2D eigenvalue weighted by Crippen LogP contribution is -2.34. The molecule has 0 fully saturated rings. The summed E-state index contributed by atoms with van der Waals surface area (Å²) in [5.74, 6) is 2.58. The van der Waals surface area contributed by atoms with Crippen LogP contribution in [0.5, 0.6) is 5.75 Å². The highest BCUT2D eigenvalue weighted by Gasteiger charge is 2.13. The molecule has 2 rings (SSSR count). The summed E-state index contributed by atoms with van der Waals surface area (Å²) < 4.78 is 13.4. The van der Waals surface area contributed by atoms with E-state index in [2.05, 4.69) is 31.2 Å². The maximum absolute atomic E-state index is 5.84. The Bertz CT molecular complexity index is 606. The molecule has 0 spiro atoms. The standard InChI is InChI=1S/C16H25N3O2/c1-11-15(12(2)19(6)18-11)20-10-14-8-7-13(21-14)9-17-16(3,4)5/h7-8,17H,9-10H2,1-6H3. The van der Waals surface area contributed by atoms with Crippen LogP contribution in [-0.2, 0) is 20.2 Å². The zero-order valence-electron chi connectivity index (χ0n) is 13.8. The van der Waals surface area contributed by atoms with E-state index in [9.17, 15) is 0 Å². The van der Waals surface area contributed by atoms with E-state index in [1.807, 2.05) is 37.7 Å². The van der Waals surface area contributed by atoms with Crippen molar-refractivity contribution in [1.29, 1.82) is 0 Å². The van der Waals surface area contributed by atoms with Crippen molar-refractivity contribution in [2.24, 2.45) is 7.05 Å². The predicted molar refractivity (Wildman–Crippen MR) is 82.3 cm³/mol. The minimum atomic E-state index is 0.0768. The van der Waals surface area contributed by atoms with Gasteiger partial charge in [-0.2, -0.15) is 5.10 Å². The number of hydrogen-bond donors (Lipinski definition) is 1. The summed E-state index contributed by atoms with van der Waals surface area (Å²) in [6.07, 6.45) is 0. The largest absolute Gasteiger partial charge is 0.482 e. The van der Waals surface area contributed by atoms with Crippen LogP contribution in [0.2, 0.25) is 0 Å². The van der Waals surface area contributed by atoms with Gasteiger partial charge in [0.25, 0.3) is 0 Å². The molecular formula is C16H25N3O2. The van der Waals surface area contributed by atoms with E-state index < -0.39 is 0 Å². The minimum absolute atomic E-state index is 0.0768. The number of rotatable bonds is 5. The molecule has 2 aromatic rings. The molecule has 0 bridgehead atoms. The van der Waals surface area contributed by atoms with Gasteiger partial charge in [0, 0.05) is 12.6 Å². The van der Waals surface area contributed by atoms with E-state index in [1.54, 1.807) is 0 Å². The second-order valence-electron chi connectivity index (χ2n) is 6.38. The van der Waals surface area contributed by atoms with Crippen LogP contribution in [-0.4, -0.2) is 15.3 Å². The van der Waals surface area contributed by atoms with Gasteiger partial charge in [-0.1, -0.05) is 0 Å². The minimum Gasteiger partial charge on any atom is -0.482 e. The molecule has 0 atom stereocenters. The number of aromatic nitrogens is 2. The van der Waals surface area contributed by atoms with Crippen LogP contribution >= 0.6 is 0 Å². The highest BCUT2D eigenvalue weighted by Crippen LogP contribution is 2.23. The maximum atomic E-state index is 5.84. The van der Waals surface area contributed by atoms with Crippen molar-refractivity contribution in [3.63, 3.8) is 0 Å². The quantitative estimate of drug-likeness (QED) is 0.919. The average molecular weight is 291 g/mol. The van der Waals surface area contributed by atoms with Crippen molar-refractivity contribution in [3.05, 3.63) is 35.0 Å². The zero-order chi connectivity index (χ0) is 15.6. The summed E-state index contributed by atoms with van der Waals surface area (Å²) in [5, 5.41) is 7.73. The molecule has 2 heterocycles. The summed E-state index contributed by atoms with van der Waals surface area (Å²) in [6, 6.07) is 3.95. The molecule has 0 saturated heterocycles. The van der Waals surface area contributed by atoms with E-state index in [4.69, 9.17) is 9.15 Å². The SMILES string of the molecule is Cc1nn(C)c(C)c1OCc1ccc(CNC(C)(C)C)o1. The number of nitrogens with zero attached hydrogens (tertiary/aromatic N) is 2. The Balaban J connectivity index is 1.94. The Hall–Kier alpha value is -1.75. The Morgan fingerprint density at radius 3 is 2.48 bits per heavy atom. The molecule has 0 aromatic carbocycles. The third-order valence-electron chi connectivity index (χ3n) is 3.31. The second-order valence-corrected chi connectivity index (χ2v) is 6.38. The molecule has 116 valence electrons. The molecule has 21 heavy (non-hydrogen) atoms. The molecule has 0 unspecified atom stereocenters. The molecular weight excluding hydrogens is 266 g/mol. The fourth-order valence-electron chi connectivity index (χ4n) is 2.05. The van der Waals surface area contributed by atoms with E-state index in [1.165, 1.54) is 0 Å². The van der Waals surface area contributed by atoms with Crippen molar-refractivity contribution in [3.8, 4) is 5.75 Å². The highest BCUT2D eigenvalue weighted by atomic mass is 16.5. The van der Waals surface area contributed by atoms with Gasteiger partial charge in [-0.05, 0) is 46.8 Å². The third kappa shape index (κ3) is 4.11. The first-order valence-electron chi connectivity index (χ1n) is 7.22. The summed E-state index contributed by atoms with van der Waals surface area (Å²) >= 11 is 0. The third-order valence-corrected chi connectivity index (χ3v) is 3.31.